The van der Waals surface area contributed by atoms with Crippen LogP contribution in [0.3, 0.4) is 0 Å². The van der Waals surface area contributed by atoms with Crippen molar-refractivity contribution in [2.45, 2.75) is 84.1 Å². The summed E-state index contributed by atoms with van der Waals surface area (Å²) in [4.78, 5) is 0. The first-order valence-corrected chi connectivity index (χ1v) is 8.82. The zero-order valence-electron chi connectivity index (χ0n) is 13.4. The molecule has 0 aromatic carbocycles. The second-order valence-electron chi connectivity index (χ2n) is 6.07. The molecule has 21 heavy (non-hydrogen) atoms. The lowest BCUT2D eigenvalue weighted by molar-refractivity contribution is 0.200. The molecule has 0 amide bonds. The Morgan fingerprint density at radius 3 is 2.10 bits per heavy atom. The Morgan fingerprint density at radius 2 is 1.57 bits per heavy atom. The minimum atomic E-state index is -0.506. The van der Waals surface area contributed by atoms with Gasteiger partial charge in [0, 0.05) is 0 Å². The summed E-state index contributed by atoms with van der Waals surface area (Å²) in [5.74, 6) is -0.506. The third-order valence-corrected chi connectivity index (χ3v) is 4.83. The van der Waals surface area contributed by atoms with Gasteiger partial charge in [-0.25, -0.2) is 4.68 Å². The van der Waals surface area contributed by atoms with E-state index in [4.69, 9.17) is 23.2 Å². The van der Waals surface area contributed by atoms with Crippen LogP contribution >= 0.6 is 23.2 Å². The molecule has 0 N–H and O–H groups in total. The number of halogens is 3. The van der Waals surface area contributed by atoms with Gasteiger partial charge in [0.1, 0.15) is 5.02 Å². The zero-order chi connectivity index (χ0) is 15.9. The summed E-state index contributed by atoms with van der Waals surface area (Å²) in [6.07, 6.45) is 9.91. The molecule has 0 spiro atoms. The van der Waals surface area contributed by atoms with E-state index in [9.17, 15) is 4.39 Å². The van der Waals surface area contributed by atoms with Crippen LogP contribution in [0.15, 0.2) is 0 Å². The summed E-state index contributed by atoms with van der Waals surface area (Å²) in [6, 6.07) is 0. The van der Waals surface area contributed by atoms with E-state index in [1.807, 2.05) is 0 Å². The number of aromatic nitrogens is 2. The number of unbranched alkanes of at least 4 members (excludes halogenated alkanes) is 5. The van der Waals surface area contributed by atoms with E-state index in [0.717, 1.165) is 32.1 Å². The van der Waals surface area contributed by atoms with Gasteiger partial charge in [0.25, 0.3) is 0 Å². The monoisotopic (exact) mass is 336 g/mol. The third kappa shape index (κ3) is 5.14. The minimum absolute atomic E-state index is 0.0582. The Labute approximate surface area is 138 Å². The lowest BCUT2D eigenvalue weighted by Gasteiger charge is -2.30. The fourth-order valence-corrected chi connectivity index (χ4v) is 2.99. The van der Waals surface area contributed by atoms with E-state index in [2.05, 4.69) is 25.9 Å². The topological polar surface area (TPSA) is 17.8 Å². The highest BCUT2D eigenvalue weighted by atomic mass is 35.5. The first-order valence-electron chi connectivity index (χ1n) is 8.06. The molecule has 0 radical (unpaired) electrons. The highest BCUT2D eigenvalue weighted by molar-refractivity contribution is 6.41. The number of hydrogen-bond acceptors (Lipinski definition) is 1. The van der Waals surface area contributed by atoms with Crippen LogP contribution in [-0.4, -0.2) is 9.78 Å². The minimum Gasteiger partial charge on any atom is -0.231 e. The average molecular weight is 337 g/mol. The second-order valence-corrected chi connectivity index (χ2v) is 6.81. The Bertz CT molecular complexity index is 434. The van der Waals surface area contributed by atoms with Crippen molar-refractivity contribution in [1.29, 1.82) is 0 Å². The van der Waals surface area contributed by atoms with Crippen LogP contribution in [0.2, 0.25) is 10.2 Å². The quantitative estimate of drug-likeness (QED) is 0.440. The summed E-state index contributed by atoms with van der Waals surface area (Å²) >= 11 is 11.7. The van der Waals surface area contributed by atoms with Crippen LogP contribution in [0.25, 0.3) is 0 Å². The summed E-state index contributed by atoms with van der Waals surface area (Å²) < 4.78 is 15.7. The molecule has 2 nitrogen and oxygen atoms in total. The lowest BCUT2D eigenvalue weighted by atomic mass is 9.88. The van der Waals surface area contributed by atoms with Crippen molar-refractivity contribution >= 4 is 23.2 Å². The molecule has 0 fully saturated rings. The van der Waals surface area contributed by atoms with Crippen molar-refractivity contribution in [2.24, 2.45) is 0 Å². The Hall–Kier alpha value is -0.280. The average Bonchev–Trinajstić information content (AvgIpc) is 2.73. The highest BCUT2D eigenvalue weighted by Gasteiger charge is 2.31. The summed E-state index contributed by atoms with van der Waals surface area (Å²) in [7, 11) is 0. The van der Waals surface area contributed by atoms with Gasteiger partial charge in [0.2, 0.25) is 5.95 Å². The van der Waals surface area contributed by atoms with Gasteiger partial charge in [-0.3, -0.25) is 0 Å². The van der Waals surface area contributed by atoms with Crippen LogP contribution in [0.5, 0.6) is 0 Å². The molecule has 1 unspecified atom stereocenters. The molecule has 0 aliphatic heterocycles. The van der Waals surface area contributed by atoms with Crippen molar-refractivity contribution in [3.63, 3.8) is 0 Å². The van der Waals surface area contributed by atoms with Gasteiger partial charge in [-0.15, -0.1) is 0 Å². The van der Waals surface area contributed by atoms with Crippen molar-refractivity contribution < 1.29 is 4.39 Å². The second kappa shape index (κ2) is 8.99. The maximum absolute atomic E-state index is 14.3. The Balaban J connectivity index is 2.79. The molecular weight excluding hydrogens is 310 g/mol. The van der Waals surface area contributed by atoms with Gasteiger partial charge in [-0.05, 0) is 19.8 Å². The first kappa shape index (κ1) is 18.8. The fraction of sp³-hybridized carbons (Fsp3) is 0.812. The standard InChI is InChI=1S/C16H27Cl2FN2/c1-4-6-8-9-10-12-16(3,11-7-5-2)21-15(19)13(17)14(18)20-21/h4-12H2,1-3H3. The van der Waals surface area contributed by atoms with E-state index in [0.29, 0.717) is 0 Å². The van der Waals surface area contributed by atoms with Crippen LogP contribution < -0.4 is 0 Å². The van der Waals surface area contributed by atoms with E-state index in [1.54, 1.807) is 0 Å². The normalized spacial score (nSPS) is 14.4. The van der Waals surface area contributed by atoms with E-state index in [1.165, 1.54) is 30.4 Å². The van der Waals surface area contributed by atoms with Crippen molar-refractivity contribution in [3.05, 3.63) is 16.1 Å². The molecule has 0 bridgehead atoms. The predicted molar refractivity (Wildman–Crippen MR) is 88.8 cm³/mol. The maximum Gasteiger partial charge on any atom is 0.232 e. The van der Waals surface area contributed by atoms with Gasteiger partial charge in [0.05, 0.1) is 5.54 Å². The molecule has 1 atom stereocenters. The smallest absolute Gasteiger partial charge is 0.231 e. The molecule has 0 aliphatic rings. The van der Waals surface area contributed by atoms with Crippen molar-refractivity contribution in [2.75, 3.05) is 0 Å². The fourth-order valence-electron chi connectivity index (χ4n) is 2.72. The predicted octanol–water partition coefficient (Wildman–Crippen LogP) is 6.59. The summed E-state index contributed by atoms with van der Waals surface area (Å²) in [5, 5.41) is 4.12. The van der Waals surface area contributed by atoms with Crippen LogP contribution in [0.4, 0.5) is 4.39 Å². The lowest BCUT2D eigenvalue weighted by Crippen LogP contribution is -2.32. The Kier molecular flexibility index (Phi) is 8.04. The number of nitrogens with zero attached hydrogens (tertiary/aromatic N) is 2. The van der Waals surface area contributed by atoms with Crippen LogP contribution in [0, 0.1) is 5.95 Å². The SMILES string of the molecule is CCCCCCCC(C)(CCCC)n1nc(Cl)c(Cl)c1F. The molecule has 0 saturated carbocycles. The van der Waals surface area contributed by atoms with E-state index in [-0.39, 0.29) is 15.7 Å². The molecular formula is C16H27Cl2FN2. The van der Waals surface area contributed by atoms with Crippen molar-refractivity contribution in [1.82, 2.24) is 9.78 Å². The molecule has 1 heterocycles. The highest BCUT2D eigenvalue weighted by Crippen LogP contribution is 2.34. The largest absolute Gasteiger partial charge is 0.232 e. The van der Waals surface area contributed by atoms with E-state index < -0.39 is 5.95 Å². The molecule has 1 aromatic rings. The molecule has 5 heteroatoms. The third-order valence-electron chi connectivity index (χ3n) is 4.14. The number of hydrogen-bond donors (Lipinski definition) is 0. The molecule has 0 saturated heterocycles. The van der Waals surface area contributed by atoms with Gasteiger partial charge < -0.3 is 0 Å². The van der Waals surface area contributed by atoms with Crippen LogP contribution in [0.1, 0.15) is 78.6 Å². The van der Waals surface area contributed by atoms with Crippen LogP contribution in [-0.2, 0) is 5.54 Å². The molecule has 122 valence electrons. The molecule has 0 aliphatic carbocycles. The summed E-state index contributed by atoms with van der Waals surface area (Å²) in [6.45, 7) is 6.40. The number of rotatable bonds is 10. The molecule has 1 rings (SSSR count). The van der Waals surface area contributed by atoms with Crippen molar-refractivity contribution in [3.8, 4) is 0 Å². The summed E-state index contributed by atoms with van der Waals surface area (Å²) in [5.41, 5.74) is -0.344. The van der Waals surface area contributed by atoms with Gasteiger partial charge >= 0.3 is 0 Å². The first-order chi connectivity index (χ1) is 9.96. The molecule has 1 aromatic heterocycles. The maximum atomic E-state index is 14.3. The zero-order valence-corrected chi connectivity index (χ0v) is 14.9. The van der Waals surface area contributed by atoms with E-state index >= 15 is 0 Å². The van der Waals surface area contributed by atoms with Gasteiger partial charge in [0.15, 0.2) is 5.15 Å². The Morgan fingerprint density at radius 1 is 1.00 bits per heavy atom. The van der Waals surface area contributed by atoms with Gasteiger partial charge in [-0.1, -0.05) is 82.0 Å². The van der Waals surface area contributed by atoms with Gasteiger partial charge in [-0.2, -0.15) is 9.49 Å².